The molecule has 1 aliphatic rings. The monoisotopic (exact) mass is 362 g/mol. The molecule has 1 aliphatic heterocycles. The lowest BCUT2D eigenvalue weighted by atomic mass is 10.0. The van der Waals surface area contributed by atoms with Crippen molar-refractivity contribution in [1.82, 2.24) is 4.90 Å². The normalized spacial score (nSPS) is 17.5. The zero-order valence-electron chi connectivity index (χ0n) is 15.0. The van der Waals surface area contributed by atoms with Crippen molar-refractivity contribution in [3.8, 4) is 0 Å². The number of nitrogens with one attached hydrogen (secondary N) is 1. The van der Waals surface area contributed by atoms with Crippen molar-refractivity contribution in [1.29, 1.82) is 0 Å². The maximum Gasteiger partial charge on any atom is 0.258 e. The number of nitrogens with zero attached hydrogens (tertiary/aromatic N) is 1. The lowest BCUT2D eigenvalue weighted by Gasteiger charge is -2.41. The SMILES string of the molecule is CCc1ccc(C2Nc3ccccc3C(=O)N2[C@H](C)c2ccccc2)s1. The largest absolute Gasteiger partial charge is 0.360 e. The molecule has 132 valence electrons. The third kappa shape index (κ3) is 2.90. The summed E-state index contributed by atoms with van der Waals surface area (Å²) in [6.07, 6.45) is 0.855. The van der Waals surface area contributed by atoms with Gasteiger partial charge in [-0.3, -0.25) is 4.79 Å². The van der Waals surface area contributed by atoms with Gasteiger partial charge in [0.2, 0.25) is 0 Å². The molecule has 0 saturated carbocycles. The third-order valence-corrected chi connectivity index (χ3v) is 6.24. The Labute approximate surface area is 158 Å². The van der Waals surface area contributed by atoms with Crippen LogP contribution < -0.4 is 5.32 Å². The van der Waals surface area contributed by atoms with Crippen molar-refractivity contribution < 1.29 is 4.79 Å². The molecule has 1 amide bonds. The average Bonchev–Trinajstić information content (AvgIpc) is 3.17. The first-order valence-electron chi connectivity index (χ1n) is 9.01. The minimum Gasteiger partial charge on any atom is -0.360 e. The van der Waals surface area contributed by atoms with Crippen LogP contribution in [0.15, 0.2) is 66.7 Å². The van der Waals surface area contributed by atoms with Crippen molar-refractivity contribution >= 4 is 22.9 Å². The Kier molecular flexibility index (Phi) is 4.51. The second-order valence-electron chi connectivity index (χ2n) is 6.55. The number of amides is 1. The quantitative estimate of drug-likeness (QED) is 0.651. The maximum absolute atomic E-state index is 13.4. The summed E-state index contributed by atoms with van der Waals surface area (Å²) in [5.74, 6) is 0.0761. The third-order valence-electron chi connectivity index (χ3n) is 4.96. The molecule has 1 unspecified atom stereocenters. The lowest BCUT2D eigenvalue weighted by Crippen LogP contribution is -2.44. The van der Waals surface area contributed by atoms with E-state index in [0.29, 0.717) is 0 Å². The van der Waals surface area contributed by atoms with E-state index in [1.807, 2.05) is 47.4 Å². The van der Waals surface area contributed by atoms with Gasteiger partial charge in [-0.2, -0.15) is 0 Å². The highest BCUT2D eigenvalue weighted by molar-refractivity contribution is 7.12. The summed E-state index contributed by atoms with van der Waals surface area (Å²) in [5.41, 5.74) is 2.78. The number of carbonyl (C=O) groups excluding carboxylic acids is 1. The molecule has 0 spiro atoms. The fraction of sp³-hybridized carbons (Fsp3) is 0.227. The van der Waals surface area contributed by atoms with E-state index in [9.17, 15) is 4.79 Å². The lowest BCUT2D eigenvalue weighted by molar-refractivity contribution is 0.0600. The van der Waals surface area contributed by atoms with Crippen LogP contribution in [0.4, 0.5) is 5.69 Å². The molecule has 1 N–H and O–H groups in total. The first-order chi connectivity index (χ1) is 12.7. The number of fused-ring (bicyclic) bond motifs is 1. The summed E-state index contributed by atoms with van der Waals surface area (Å²) in [4.78, 5) is 17.9. The molecule has 0 fully saturated rings. The van der Waals surface area contributed by atoms with Gasteiger partial charge in [0.05, 0.1) is 11.6 Å². The molecule has 4 rings (SSSR count). The summed E-state index contributed by atoms with van der Waals surface area (Å²) in [6.45, 7) is 4.26. The Morgan fingerprint density at radius 1 is 1.04 bits per heavy atom. The number of aryl methyl sites for hydroxylation is 1. The number of hydrogen-bond donors (Lipinski definition) is 1. The average molecular weight is 362 g/mol. The molecule has 2 atom stereocenters. The van der Waals surface area contributed by atoms with Crippen LogP contribution in [0.1, 0.15) is 51.7 Å². The minimum atomic E-state index is -0.155. The second-order valence-corrected chi connectivity index (χ2v) is 7.75. The molecule has 0 saturated heterocycles. The highest BCUT2D eigenvalue weighted by atomic mass is 32.1. The van der Waals surface area contributed by atoms with Gasteiger partial charge in [0, 0.05) is 15.4 Å². The summed E-state index contributed by atoms with van der Waals surface area (Å²) in [5, 5.41) is 3.60. The molecule has 4 heteroatoms. The topological polar surface area (TPSA) is 32.3 Å². The van der Waals surface area contributed by atoms with E-state index >= 15 is 0 Å². The Hall–Kier alpha value is -2.59. The van der Waals surface area contributed by atoms with Gasteiger partial charge in [-0.25, -0.2) is 0 Å². The molecule has 0 aliphatic carbocycles. The molecular weight excluding hydrogens is 340 g/mol. The van der Waals surface area contributed by atoms with Crippen LogP contribution in [-0.2, 0) is 6.42 Å². The van der Waals surface area contributed by atoms with Gasteiger partial charge in [0.25, 0.3) is 5.91 Å². The van der Waals surface area contributed by atoms with E-state index in [1.54, 1.807) is 11.3 Å². The van der Waals surface area contributed by atoms with Gasteiger partial charge < -0.3 is 10.2 Å². The highest BCUT2D eigenvalue weighted by Gasteiger charge is 2.36. The van der Waals surface area contributed by atoms with E-state index in [-0.39, 0.29) is 18.1 Å². The Morgan fingerprint density at radius 3 is 2.50 bits per heavy atom. The number of para-hydroxylation sites is 1. The number of rotatable bonds is 4. The van der Waals surface area contributed by atoms with Gasteiger partial charge in [0.15, 0.2) is 0 Å². The number of thiophene rings is 1. The molecule has 3 nitrogen and oxygen atoms in total. The fourth-order valence-corrected chi connectivity index (χ4v) is 4.50. The summed E-state index contributed by atoms with van der Waals surface area (Å²) in [7, 11) is 0. The van der Waals surface area contributed by atoms with Crippen molar-refractivity contribution in [3.05, 3.63) is 87.6 Å². The number of benzene rings is 2. The number of anilines is 1. The smallest absolute Gasteiger partial charge is 0.258 e. The molecule has 2 aromatic carbocycles. The van der Waals surface area contributed by atoms with Gasteiger partial charge in [-0.1, -0.05) is 49.4 Å². The number of hydrogen-bond acceptors (Lipinski definition) is 3. The van der Waals surface area contributed by atoms with Gasteiger partial charge in [-0.15, -0.1) is 11.3 Å². The zero-order valence-corrected chi connectivity index (χ0v) is 15.8. The molecule has 1 aromatic heterocycles. The van der Waals surface area contributed by atoms with Crippen LogP contribution in [-0.4, -0.2) is 10.8 Å². The second kappa shape index (κ2) is 6.96. The Balaban J connectivity index is 1.79. The molecular formula is C22H22N2OS. The van der Waals surface area contributed by atoms with Crippen LogP contribution >= 0.6 is 11.3 Å². The molecule has 0 bridgehead atoms. The van der Waals surface area contributed by atoms with Crippen molar-refractivity contribution in [2.24, 2.45) is 0 Å². The van der Waals surface area contributed by atoms with Crippen LogP contribution in [0, 0.1) is 0 Å². The van der Waals surface area contributed by atoms with E-state index in [2.05, 4.69) is 43.4 Å². The first-order valence-corrected chi connectivity index (χ1v) is 9.82. The summed E-state index contributed by atoms with van der Waals surface area (Å²) >= 11 is 1.78. The van der Waals surface area contributed by atoms with Crippen LogP contribution in [0.25, 0.3) is 0 Å². The molecule has 2 heterocycles. The number of carbonyl (C=O) groups is 1. The van der Waals surface area contributed by atoms with Crippen LogP contribution in [0.3, 0.4) is 0 Å². The summed E-state index contributed by atoms with van der Waals surface area (Å²) in [6, 6.07) is 22.3. The first kappa shape index (κ1) is 16.9. The Bertz CT molecular complexity index is 919. The molecule has 26 heavy (non-hydrogen) atoms. The van der Waals surface area contributed by atoms with Crippen molar-refractivity contribution in [2.45, 2.75) is 32.5 Å². The predicted molar refractivity (Wildman–Crippen MR) is 108 cm³/mol. The van der Waals surface area contributed by atoms with Crippen molar-refractivity contribution in [2.75, 3.05) is 5.32 Å². The van der Waals surface area contributed by atoms with Crippen molar-refractivity contribution in [3.63, 3.8) is 0 Å². The van der Waals surface area contributed by atoms with E-state index in [1.165, 1.54) is 9.75 Å². The van der Waals surface area contributed by atoms with Crippen LogP contribution in [0.2, 0.25) is 0 Å². The van der Waals surface area contributed by atoms with E-state index < -0.39 is 0 Å². The Morgan fingerprint density at radius 2 is 1.77 bits per heavy atom. The van der Waals surface area contributed by atoms with Gasteiger partial charge >= 0.3 is 0 Å². The van der Waals surface area contributed by atoms with E-state index in [0.717, 1.165) is 23.2 Å². The maximum atomic E-state index is 13.4. The highest BCUT2D eigenvalue weighted by Crippen LogP contribution is 2.40. The summed E-state index contributed by atoms with van der Waals surface area (Å²) < 4.78 is 0. The minimum absolute atomic E-state index is 0.0262. The molecule has 0 radical (unpaired) electrons. The van der Waals surface area contributed by atoms with Crippen LogP contribution in [0.5, 0.6) is 0 Å². The predicted octanol–water partition coefficient (Wildman–Crippen LogP) is 5.64. The standard InChI is InChI=1S/C22H22N2OS/c1-3-17-13-14-20(26-17)21-23-19-12-8-7-11-18(19)22(25)24(21)15(2)16-9-5-4-6-10-16/h4-15,21,23H,3H2,1-2H3/t15-,21?/m1/s1. The van der Waals surface area contributed by atoms with Gasteiger partial charge in [0.1, 0.15) is 6.17 Å². The van der Waals surface area contributed by atoms with Gasteiger partial charge in [-0.05, 0) is 43.2 Å². The zero-order chi connectivity index (χ0) is 18.1. The fourth-order valence-electron chi connectivity index (χ4n) is 3.50. The molecule has 3 aromatic rings. The van der Waals surface area contributed by atoms with E-state index in [4.69, 9.17) is 0 Å².